The van der Waals surface area contributed by atoms with E-state index in [1.54, 1.807) is 6.20 Å². The van der Waals surface area contributed by atoms with Crippen molar-refractivity contribution >= 4 is 23.5 Å². The van der Waals surface area contributed by atoms with Gasteiger partial charge in [0, 0.05) is 31.1 Å². The molecule has 0 spiro atoms. The first-order valence-electron chi connectivity index (χ1n) is 7.26. The highest BCUT2D eigenvalue weighted by molar-refractivity contribution is 7.99. The zero-order valence-electron chi connectivity index (χ0n) is 12.3. The van der Waals surface area contributed by atoms with E-state index in [0.717, 1.165) is 18.9 Å². The van der Waals surface area contributed by atoms with E-state index in [1.165, 1.54) is 19.3 Å². The lowest BCUT2D eigenvalue weighted by atomic mass is 10.2. The molecule has 1 aromatic heterocycles. The molecule has 2 rings (SSSR count). The maximum atomic E-state index is 11.7. The molecule has 0 saturated carbocycles. The summed E-state index contributed by atoms with van der Waals surface area (Å²) in [5.74, 6) is 0.934. The Morgan fingerprint density at radius 2 is 2.35 bits per heavy atom. The molecular weight excluding hydrogens is 270 g/mol. The normalized spacial score (nSPS) is 19.5. The van der Waals surface area contributed by atoms with Crippen molar-refractivity contribution in [3.63, 3.8) is 0 Å². The molecule has 2 heterocycles. The maximum absolute atomic E-state index is 11.7. The number of thioether (sulfide) groups is 1. The van der Waals surface area contributed by atoms with Gasteiger partial charge in [-0.05, 0) is 38.2 Å². The van der Waals surface area contributed by atoms with Crippen molar-refractivity contribution in [2.24, 2.45) is 0 Å². The lowest BCUT2D eigenvalue weighted by Gasteiger charge is -2.24. The number of nitrogens with zero attached hydrogens (tertiary/aromatic N) is 2. The number of pyridine rings is 1. The van der Waals surface area contributed by atoms with Gasteiger partial charge >= 0.3 is 0 Å². The number of carbonyl (C=O) groups is 1. The van der Waals surface area contributed by atoms with Gasteiger partial charge in [-0.15, -0.1) is 0 Å². The van der Waals surface area contributed by atoms with Crippen molar-refractivity contribution in [3.8, 4) is 0 Å². The number of rotatable bonds is 4. The summed E-state index contributed by atoms with van der Waals surface area (Å²) in [6, 6.07) is 3.83. The monoisotopic (exact) mass is 293 g/mol. The average molecular weight is 293 g/mol. The number of anilines is 1. The minimum atomic E-state index is -0.0515. The van der Waals surface area contributed by atoms with E-state index in [9.17, 15) is 4.79 Å². The highest BCUT2D eigenvalue weighted by Gasteiger charge is 2.18. The molecule has 1 N–H and O–H groups in total. The third-order valence-electron chi connectivity index (χ3n) is 3.63. The standard InChI is InChI=1S/C15H23N3OS/c1-3-16-15(19)12-7-8-14(17-10-12)18-9-5-4-6-13(11-18)20-2/h7-8,10,13H,3-6,9,11H2,1-2H3,(H,16,19). The summed E-state index contributed by atoms with van der Waals surface area (Å²) in [6.07, 6.45) is 7.66. The minimum absolute atomic E-state index is 0.0515. The van der Waals surface area contributed by atoms with Crippen LogP contribution in [0.4, 0.5) is 5.82 Å². The second-order valence-electron chi connectivity index (χ2n) is 5.06. The average Bonchev–Trinajstić information content (AvgIpc) is 2.73. The molecule has 1 unspecified atom stereocenters. The largest absolute Gasteiger partial charge is 0.356 e. The Kier molecular flexibility index (Phi) is 5.71. The predicted octanol–water partition coefficient (Wildman–Crippen LogP) is 2.55. The van der Waals surface area contributed by atoms with Crippen molar-refractivity contribution in [1.82, 2.24) is 10.3 Å². The Hall–Kier alpha value is -1.23. The van der Waals surface area contributed by atoms with Gasteiger partial charge in [0.05, 0.1) is 5.56 Å². The summed E-state index contributed by atoms with van der Waals surface area (Å²) >= 11 is 1.94. The van der Waals surface area contributed by atoms with Crippen LogP contribution >= 0.6 is 11.8 Å². The van der Waals surface area contributed by atoms with E-state index in [0.29, 0.717) is 17.4 Å². The van der Waals surface area contributed by atoms with Gasteiger partial charge in [-0.25, -0.2) is 4.98 Å². The van der Waals surface area contributed by atoms with Crippen LogP contribution in [0.3, 0.4) is 0 Å². The van der Waals surface area contributed by atoms with Gasteiger partial charge in [0.25, 0.3) is 5.91 Å². The van der Waals surface area contributed by atoms with Crippen LogP contribution < -0.4 is 10.2 Å². The molecule has 1 amide bonds. The van der Waals surface area contributed by atoms with E-state index >= 15 is 0 Å². The lowest BCUT2D eigenvalue weighted by molar-refractivity contribution is 0.0955. The number of hydrogen-bond donors (Lipinski definition) is 1. The van der Waals surface area contributed by atoms with Crippen LogP contribution in [0.5, 0.6) is 0 Å². The Balaban J connectivity index is 2.06. The van der Waals surface area contributed by atoms with Gasteiger partial charge in [0.2, 0.25) is 0 Å². The van der Waals surface area contributed by atoms with E-state index in [1.807, 2.05) is 30.8 Å². The topological polar surface area (TPSA) is 45.2 Å². The maximum Gasteiger partial charge on any atom is 0.252 e. The van der Waals surface area contributed by atoms with Crippen LogP contribution in [0.15, 0.2) is 18.3 Å². The van der Waals surface area contributed by atoms with Gasteiger partial charge < -0.3 is 10.2 Å². The van der Waals surface area contributed by atoms with Crippen LogP contribution in [-0.2, 0) is 0 Å². The van der Waals surface area contributed by atoms with Crippen LogP contribution in [-0.4, -0.2) is 42.0 Å². The molecule has 1 atom stereocenters. The van der Waals surface area contributed by atoms with E-state index < -0.39 is 0 Å². The molecule has 1 saturated heterocycles. The molecular formula is C15H23N3OS. The molecule has 4 nitrogen and oxygen atoms in total. The van der Waals surface area contributed by atoms with Crippen molar-refractivity contribution in [2.45, 2.75) is 31.4 Å². The molecule has 0 radical (unpaired) electrons. The van der Waals surface area contributed by atoms with Gasteiger partial charge in [0.1, 0.15) is 5.82 Å². The predicted molar refractivity (Wildman–Crippen MR) is 85.6 cm³/mol. The Morgan fingerprint density at radius 3 is 3.00 bits per heavy atom. The first-order valence-corrected chi connectivity index (χ1v) is 8.55. The molecule has 0 bridgehead atoms. The van der Waals surface area contributed by atoms with E-state index in [4.69, 9.17) is 0 Å². The molecule has 1 aliphatic heterocycles. The second-order valence-corrected chi connectivity index (χ2v) is 6.20. The summed E-state index contributed by atoms with van der Waals surface area (Å²) in [7, 11) is 0. The Bertz CT molecular complexity index is 435. The Labute approximate surface area is 125 Å². The first-order chi connectivity index (χ1) is 9.74. The summed E-state index contributed by atoms with van der Waals surface area (Å²) in [5, 5.41) is 3.47. The summed E-state index contributed by atoms with van der Waals surface area (Å²) in [4.78, 5) is 18.5. The number of nitrogens with one attached hydrogen (secondary N) is 1. The molecule has 5 heteroatoms. The van der Waals surface area contributed by atoms with Gasteiger partial charge in [-0.1, -0.05) is 6.42 Å². The van der Waals surface area contributed by atoms with Gasteiger partial charge in [0.15, 0.2) is 0 Å². The summed E-state index contributed by atoms with van der Waals surface area (Å²) in [5.41, 5.74) is 0.631. The molecule has 1 fully saturated rings. The lowest BCUT2D eigenvalue weighted by Crippen LogP contribution is -2.30. The van der Waals surface area contributed by atoms with Crippen molar-refractivity contribution in [3.05, 3.63) is 23.9 Å². The minimum Gasteiger partial charge on any atom is -0.356 e. The van der Waals surface area contributed by atoms with Crippen LogP contribution in [0.25, 0.3) is 0 Å². The van der Waals surface area contributed by atoms with Crippen LogP contribution in [0.2, 0.25) is 0 Å². The fraction of sp³-hybridized carbons (Fsp3) is 0.600. The second kappa shape index (κ2) is 7.53. The van der Waals surface area contributed by atoms with Crippen LogP contribution in [0, 0.1) is 0 Å². The van der Waals surface area contributed by atoms with Gasteiger partial charge in [-0.3, -0.25) is 4.79 Å². The van der Waals surface area contributed by atoms with Crippen LogP contribution in [0.1, 0.15) is 36.5 Å². The van der Waals surface area contributed by atoms with Crippen molar-refractivity contribution in [1.29, 1.82) is 0 Å². The van der Waals surface area contributed by atoms with Crippen molar-refractivity contribution < 1.29 is 4.79 Å². The zero-order valence-corrected chi connectivity index (χ0v) is 13.1. The fourth-order valence-electron chi connectivity index (χ4n) is 2.47. The number of aromatic nitrogens is 1. The molecule has 0 aliphatic carbocycles. The highest BCUT2D eigenvalue weighted by atomic mass is 32.2. The quantitative estimate of drug-likeness (QED) is 0.926. The Morgan fingerprint density at radius 1 is 1.50 bits per heavy atom. The fourth-order valence-corrected chi connectivity index (χ4v) is 3.20. The van der Waals surface area contributed by atoms with Crippen molar-refractivity contribution in [2.75, 3.05) is 30.8 Å². The summed E-state index contributed by atoms with van der Waals surface area (Å²) < 4.78 is 0. The third kappa shape index (κ3) is 3.88. The number of amides is 1. The molecule has 1 aromatic rings. The molecule has 0 aromatic carbocycles. The van der Waals surface area contributed by atoms with E-state index in [2.05, 4.69) is 21.5 Å². The zero-order chi connectivity index (χ0) is 14.4. The number of hydrogen-bond acceptors (Lipinski definition) is 4. The van der Waals surface area contributed by atoms with Gasteiger partial charge in [-0.2, -0.15) is 11.8 Å². The third-order valence-corrected chi connectivity index (χ3v) is 4.68. The highest BCUT2D eigenvalue weighted by Crippen LogP contribution is 2.23. The number of carbonyl (C=O) groups excluding carboxylic acids is 1. The first kappa shape index (κ1) is 15.2. The van der Waals surface area contributed by atoms with E-state index in [-0.39, 0.29) is 5.91 Å². The summed E-state index contributed by atoms with van der Waals surface area (Å²) in [6.45, 7) is 4.67. The smallest absolute Gasteiger partial charge is 0.252 e. The SMILES string of the molecule is CCNC(=O)c1ccc(N2CCCCC(SC)C2)nc1. The molecule has 1 aliphatic rings. The molecule has 20 heavy (non-hydrogen) atoms. The molecule has 110 valence electrons.